The third kappa shape index (κ3) is 2.06. The Labute approximate surface area is 94.6 Å². The third-order valence-corrected chi connectivity index (χ3v) is 2.32. The Morgan fingerprint density at radius 3 is 2.56 bits per heavy atom. The van der Waals surface area contributed by atoms with Crippen molar-refractivity contribution < 1.29 is 4.52 Å². The lowest BCUT2D eigenvalue weighted by molar-refractivity contribution is 0.368. The predicted octanol–water partition coefficient (Wildman–Crippen LogP) is 1.99. The molecule has 1 aromatic carbocycles. The molecule has 1 heterocycles. The molecule has 0 aliphatic rings. The zero-order valence-electron chi connectivity index (χ0n) is 9.47. The van der Waals surface area contributed by atoms with Crippen LogP contribution in [0.15, 0.2) is 34.9 Å². The van der Waals surface area contributed by atoms with E-state index in [4.69, 9.17) is 10.3 Å². The summed E-state index contributed by atoms with van der Waals surface area (Å²) < 4.78 is 5.05. The highest BCUT2D eigenvalue weighted by Crippen LogP contribution is 2.29. The van der Waals surface area contributed by atoms with Crippen molar-refractivity contribution in [3.8, 4) is 11.1 Å². The Morgan fingerprint density at radius 2 is 1.94 bits per heavy atom. The van der Waals surface area contributed by atoms with Crippen molar-refractivity contribution in [1.82, 2.24) is 10.1 Å². The van der Waals surface area contributed by atoms with E-state index in [0.717, 1.165) is 16.8 Å². The van der Waals surface area contributed by atoms with Gasteiger partial charge in [0.15, 0.2) is 0 Å². The molecule has 0 bridgehead atoms. The number of anilines is 1. The first-order chi connectivity index (χ1) is 7.68. The van der Waals surface area contributed by atoms with Gasteiger partial charge in [-0.05, 0) is 19.7 Å². The van der Waals surface area contributed by atoms with Gasteiger partial charge in [-0.15, -0.1) is 0 Å². The van der Waals surface area contributed by atoms with Gasteiger partial charge in [0.1, 0.15) is 5.69 Å². The Hall–Kier alpha value is -1.81. The summed E-state index contributed by atoms with van der Waals surface area (Å²) in [6.45, 7) is 0.713. The molecule has 0 saturated heterocycles. The summed E-state index contributed by atoms with van der Waals surface area (Å²) in [4.78, 5) is 2.03. The molecule has 4 heteroatoms. The van der Waals surface area contributed by atoms with Crippen LogP contribution >= 0.6 is 0 Å². The Balaban J connectivity index is 2.43. The fourth-order valence-electron chi connectivity index (χ4n) is 1.66. The molecule has 0 amide bonds. The molecule has 0 spiro atoms. The van der Waals surface area contributed by atoms with E-state index in [2.05, 4.69) is 5.16 Å². The van der Waals surface area contributed by atoms with Crippen LogP contribution in [-0.2, 0) is 6.54 Å². The molecule has 0 radical (unpaired) electrons. The quantitative estimate of drug-likeness (QED) is 0.854. The largest absolute Gasteiger partial charge is 0.367 e. The van der Waals surface area contributed by atoms with Crippen LogP contribution < -0.4 is 5.73 Å². The second kappa shape index (κ2) is 4.37. The summed E-state index contributed by atoms with van der Waals surface area (Å²) in [5.41, 5.74) is 8.61. The van der Waals surface area contributed by atoms with E-state index in [1.54, 1.807) is 0 Å². The minimum atomic E-state index is 0.378. The highest BCUT2D eigenvalue weighted by Gasteiger charge is 2.15. The number of hydrogen-bond acceptors (Lipinski definition) is 4. The minimum absolute atomic E-state index is 0.378. The maximum Gasteiger partial charge on any atom is 0.230 e. The lowest BCUT2D eigenvalue weighted by Crippen LogP contribution is -2.11. The molecule has 0 atom stereocenters. The van der Waals surface area contributed by atoms with E-state index < -0.39 is 0 Å². The topological polar surface area (TPSA) is 55.3 Å². The SMILES string of the molecule is CN(C)Cc1noc(N)c1-c1ccccc1. The first-order valence-electron chi connectivity index (χ1n) is 5.12. The van der Waals surface area contributed by atoms with Crippen LogP contribution in [0.3, 0.4) is 0 Å². The average molecular weight is 217 g/mol. The van der Waals surface area contributed by atoms with Crippen LogP contribution in [0, 0.1) is 0 Å². The number of nitrogens with zero attached hydrogens (tertiary/aromatic N) is 2. The smallest absolute Gasteiger partial charge is 0.230 e. The van der Waals surface area contributed by atoms with Crippen molar-refractivity contribution >= 4 is 5.88 Å². The molecule has 0 fully saturated rings. The summed E-state index contributed by atoms with van der Waals surface area (Å²) >= 11 is 0. The van der Waals surface area contributed by atoms with Gasteiger partial charge in [-0.1, -0.05) is 35.5 Å². The van der Waals surface area contributed by atoms with Gasteiger partial charge in [0, 0.05) is 6.54 Å². The fraction of sp³-hybridized carbons (Fsp3) is 0.250. The lowest BCUT2D eigenvalue weighted by Gasteiger charge is -2.08. The van der Waals surface area contributed by atoms with E-state index in [0.29, 0.717) is 12.4 Å². The number of benzene rings is 1. The number of nitrogens with two attached hydrogens (primary N) is 1. The molecule has 0 aliphatic carbocycles. The first-order valence-corrected chi connectivity index (χ1v) is 5.12. The van der Waals surface area contributed by atoms with E-state index in [9.17, 15) is 0 Å². The second-order valence-corrected chi connectivity index (χ2v) is 3.97. The summed E-state index contributed by atoms with van der Waals surface area (Å²) in [6.07, 6.45) is 0. The van der Waals surface area contributed by atoms with Gasteiger partial charge < -0.3 is 15.2 Å². The summed E-state index contributed by atoms with van der Waals surface area (Å²) in [7, 11) is 3.97. The highest BCUT2D eigenvalue weighted by molar-refractivity contribution is 5.74. The van der Waals surface area contributed by atoms with Crippen LogP contribution in [0.5, 0.6) is 0 Å². The van der Waals surface area contributed by atoms with Gasteiger partial charge in [-0.25, -0.2) is 0 Å². The predicted molar refractivity (Wildman–Crippen MR) is 63.7 cm³/mol. The van der Waals surface area contributed by atoms with Gasteiger partial charge >= 0.3 is 0 Å². The Bertz CT molecular complexity index is 462. The summed E-state index contributed by atoms with van der Waals surface area (Å²) in [5, 5.41) is 3.99. The highest BCUT2D eigenvalue weighted by atomic mass is 16.5. The zero-order valence-corrected chi connectivity index (χ0v) is 9.47. The summed E-state index contributed by atoms with van der Waals surface area (Å²) in [6, 6.07) is 9.92. The van der Waals surface area contributed by atoms with E-state index >= 15 is 0 Å². The first kappa shape index (κ1) is 10.7. The van der Waals surface area contributed by atoms with Crippen LogP contribution in [0.1, 0.15) is 5.69 Å². The van der Waals surface area contributed by atoms with Crippen molar-refractivity contribution in [1.29, 1.82) is 0 Å². The van der Waals surface area contributed by atoms with Gasteiger partial charge in [-0.2, -0.15) is 0 Å². The number of rotatable bonds is 3. The maximum atomic E-state index is 5.80. The van der Waals surface area contributed by atoms with Crippen LogP contribution in [0.25, 0.3) is 11.1 Å². The molecule has 16 heavy (non-hydrogen) atoms. The third-order valence-electron chi connectivity index (χ3n) is 2.32. The second-order valence-electron chi connectivity index (χ2n) is 3.97. The fourth-order valence-corrected chi connectivity index (χ4v) is 1.66. The van der Waals surface area contributed by atoms with Crippen molar-refractivity contribution in [3.05, 3.63) is 36.0 Å². The molecule has 2 rings (SSSR count). The standard InChI is InChI=1S/C12H15N3O/c1-15(2)8-10-11(12(13)16-14-10)9-6-4-3-5-7-9/h3-7H,8,13H2,1-2H3. The molecule has 0 aliphatic heterocycles. The molecule has 1 aromatic heterocycles. The van der Waals surface area contributed by atoms with Gasteiger partial charge in [0.2, 0.25) is 5.88 Å². The molecular weight excluding hydrogens is 202 g/mol. The van der Waals surface area contributed by atoms with Gasteiger partial charge in [-0.3, -0.25) is 0 Å². The van der Waals surface area contributed by atoms with Gasteiger partial charge in [0.05, 0.1) is 5.56 Å². The Morgan fingerprint density at radius 1 is 1.25 bits per heavy atom. The lowest BCUT2D eigenvalue weighted by atomic mass is 10.1. The van der Waals surface area contributed by atoms with Crippen molar-refractivity contribution in [3.63, 3.8) is 0 Å². The maximum absolute atomic E-state index is 5.80. The van der Waals surface area contributed by atoms with Crippen molar-refractivity contribution in [2.45, 2.75) is 6.54 Å². The van der Waals surface area contributed by atoms with Crippen molar-refractivity contribution in [2.24, 2.45) is 0 Å². The van der Waals surface area contributed by atoms with E-state index in [1.807, 2.05) is 49.3 Å². The summed E-state index contributed by atoms with van der Waals surface area (Å²) in [5.74, 6) is 0.378. The molecule has 4 nitrogen and oxygen atoms in total. The monoisotopic (exact) mass is 217 g/mol. The van der Waals surface area contributed by atoms with Gasteiger partial charge in [0.25, 0.3) is 0 Å². The van der Waals surface area contributed by atoms with Crippen molar-refractivity contribution in [2.75, 3.05) is 19.8 Å². The molecule has 0 unspecified atom stereocenters. The molecule has 84 valence electrons. The van der Waals surface area contributed by atoms with Crippen LogP contribution in [0.4, 0.5) is 5.88 Å². The molecule has 2 aromatic rings. The number of hydrogen-bond donors (Lipinski definition) is 1. The normalized spacial score (nSPS) is 10.9. The Kier molecular flexibility index (Phi) is 2.92. The average Bonchev–Trinajstić information content (AvgIpc) is 2.60. The zero-order chi connectivity index (χ0) is 11.5. The van der Waals surface area contributed by atoms with E-state index in [1.165, 1.54) is 0 Å². The molecule has 2 N–H and O–H groups in total. The number of aromatic nitrogens is 1. The van der Waals surface area contributed by atoms with Crippen LogP contribution in [0.2, 0.25) is 0 Å². The minimum Gasteiger partial charge on any atom is -0.367 e. The van der Waals surface area contributed by atoms with Crippen LogP contribution in [-0.4, -0.2) is 24.2 Å². The molecular formula is C12H15N3O. The van der Waals surface area contributed by atoms with E-state index in [-0.39, 0.29) is 0 Å². The molecule has 0 saturated carbocycles. The number of nitrogen functional groups attached to an aromatic ring is 1.